The van der Waals surface area contributed by atoms with E-state index in [0.29, 0.717) is 0 Å². The van der Waals surface area contributed by atoms with E-state index in [2.05, 4.69) is 60.5 Å². The second kappa shape index (κ2) is 5.83. The van der Waals surface area contributed by atoms with E-state index in [-0.39, 0.29) is 6.04 Å². The molecule has 0 bridgehead atoms. The highest BCUT2D eigenvalue weighted by atomic mass is 16.3. The normalized spacial score (nSPS) is 12.1. The molecule has 0 fully saturated rings. The van der Waals surface area contributed by atoms with Crippen molar-refractivity contribution < 1.29 is 4.42 Å². The summed E-state index contributed by atoms with van der Waals surface area (Å²) in [6, 6.07) is 17.0. The van der Waals surface area contributed by atoms with Gasteiger partial charge in [-0.3, -0.25) is 0 Å². The minimum atomic E-state index is 0.246. The predicted octanol–water partition coefficient (Wildman–Crippen LogP) is 4.82. The molecule has 1 N–H and O–H groups in total. The van der Waals surface area contributed by atoms with Crippen LogP contribution in [-0.4, -0.2) is 4.98 Å². The lowest BCUT2D eigenvalue weighted by Crippen LogP contribution is -2.06. The number of hydrogen-bond acceptors (Lipinski definition) is 3. The lowest BCUT2D eigenvalue weighted by molar-refractivity contribution is 0.572. The summed E-state index contributed by atoms with van der Waals surface area (Å²) in [6.45, 7) is 4.26. The minimum Gasteiger partial charge on any atom is -0.444 e. The molecule has 3 aromatic rings. The van der Waals surface area contributed by atoms with Gasteiger partial charge in [-0.05, 0) is 31.5 Å². The summed E-state index contributed by atoms with van der Waals surface area (Å²) < 4.78 is 5.34. The van der Waals surface area contributed by atoms with Crippen molar-refractivity contribution in [2.75, 3.05) is 5.32 Å². The van der Waals surface area contributed by atoms with E-state index < -0.39 is 0 Å². The zero-order chi connectivity index (χ0) is 14.7. The molecule has 3 nitrogen and oxygen atoms in total. The van der Waals surface area contributed by atoms with Crippen molar-refractivity contribution in [3.8, 4) is 11.3 Å². The Hall–Kier alpha value is -2.55. The highest BCUT2D eigenvalue weighted by molar-refractivity contribution is 5.63. The molecule has 21 heavy (non-hydrogen) atoms. The second-order valence-corrected chi connectivity index (χ2v) is 5.22. The first-order chi connectivity index (χ1) is 10.2. The van der Waals surface area contributed by atoms with Crippen LogP contribution >= 0.6 is 0 Å². The fourth-order valence-electron chi connectivity index (χ4n) is 2.31. The molecule has 3 rings (SSSR count). The summed E-state index contributed by atoms with van der Waals surface area (Å²) in [7, 11) is 0. The van der Waals surface area contributed by atoms with E-state index in [0.717, 1.165) is 17.0 Å². The number of benzene rings is 2. The lowest BCUT2D eigenvalue weighted by atomic mass is 10.1. The van der Waals surface area contributed by atoms with Crippen LogP contribution in [0.1, 0.15) is 24.1 Å². The van der Waals surface area contributed by atoms with E-state index in [4.69, 9.17) is 4.42 Å². The van der Waals surface area contributed by atoms with Crippen LogP contribution in [0, 0.1) is 6.92 Å². The van der Waals surface area contributed by atoms with Crippen LogP contribution in [-0.2, 0) is 0 Å². The average Bonchev–Trinajstić information content (AvgIpc) is 3.02. The van der Waals surface area contributed by atoms with Gasteiger partial charge in [0.25, 0.3) is 0 Å². The molecule has 0 saturated carbocycles. The first-order valence-electron chi connectivity index (χ1n) is 7.04. The van der Waals surface area contributed by atoms with Crippen LogP contribution in [0.4, 0.5) is 5.69 Å². The van der Waals surface area contributed by atoms with Gasteiger partial charge >= 0.3 is 0 Å². The maximum atomic E-state index is 5.34. The Morgan fingerprint density at radius 2 is 1.90 bits per heavy atom. The van der Waals surface area contributed by atoms with Crippen LogP contribution in [0.15, 0.2) is 65.5 Å². The summed E-state index contributed by atoms with van der Waals surface area (Å²) in [5.41, 5.74) is 4.63. The number of nitrogens with one attached hydrogen (secondary N) is 1. The molecule has 1 atom stereocenters. The molecule has 1 unspecified atom stereocenters. The SMILES string of the molecule is Cc1ccc(C(C)Nc2cccc(-c3cnco3)c2)cc1. The molecule has 0 aliphatic carbocycles. The summed E-state index contributed by atoms with van der Waals surface area (Å²) in [6.07, 6.45) is 3.17. The molecule has 2 aromatic carbocycles. The summed E-state index contributed by atoms with van der Waals surface area (Å²) in [5.74, 6) is 0.779. The van der Waals surface area contributed by atoms with Crippen molar-refractivity contribution in [1.29, 1.82) is 0 Å². The Labute approximate surface area is 124 Å². The van der Waals surface area contributed by atoms with Gasteiger partial charge in [-0.2, -0.15) is 0 Å². The van der Waals surface area contributed by atoms with Crippen LogP contribution in [0.25, 0.3) is 11.3 Å². The number of oxazole rings is 1. The monoisotopic (exact) mass is 278 g/mol. The van der Waals surface area contributed by atoms with Crippen molar-refractivity contribution in [3.63, 3.8) is 0 Å². The van der Waals surface area contributed by atoms with Crippen molar-refractivity contribution in [3.05, 3.63) is 72.2 Å². The maximum Gasteiger partial charge on any atom is 0.181 e. The van der Waals surface area contributed by atoms with Crippen LogP contribution < -0.4 is 5.32 Å². The lowest BCUT2D eigenvalue weighted by Gasteiger charge is -2.16. The van der Waals surface area contributed by atoms with Crippen molar-refractivity contribution in [1.82, 2.24) is 4.98 Å². The van der Waals surface area contributed by atoms with E-state index in [1.807, 2.05) is 12.1 Å². The molecule has 0 radical (unpaired) electrons. The molecule has 0 aliphatic heterocycles. The fraction of sp³-hybridized carbons (Fsp3) is 0.167. The van der Waals surface area contributed by atoms with E-state index in [1.54, 1.807) is 6.20 Å². The quantitative estimate of drug-likeness (QED) is 0.743. The average molecular weight is 278 g/mol. The third kappa shape index (κ3) is 3.14. The zero-order valence-electron chi connectivity index (χ0n) is 12.2. The second-order valence-electron chi connectivity index (χ2n) is 5.22. The molecule has 3 heteroatoms. The van der Waals surface area contributed by atoms with Crippen LogP contribution in [0.2, 0.25) is 0 Å². The summed E-state index contributed by atoms with van der Waals surface area (Å²) in [5, 5.41) is 3.52. The summed E-state index contributed by atoms with van der Waals surface area (Å²) >= 11 is 0. The van der Waals surface area contributed by atoms with Gasteiger partial charge in [0.2, 0.25) is 0 Å². The third-order valence-corrected chi connectivity index (χ3v) is 3.54. The highest BCUT2D eigenvalue weighted by Gasteiger charge is 2.07. The zero-order valence-corrected chi connectivity index (χ0v) is 12.2. The standard InChI is InChI=1S/C18H18N2O/c1-13-6-8-15(9-7-13)14(2)20-17-5-3-4-16(10-17)18-11-19-12-21-18/h3-12,14,20H,1-2H3. The minimum absolute atomic E-state index is 0.246. The first kappa shape index (κ1) is 13.4. The fourth-order valence-corrected chi connectivity index (χ4v) is 2.31. The van der Waals surface area contributed by atoms with Gasteiger partial charge in [-0.15, -0.1) is 0 Å². The van der Waals surface area contributed by atoms with Gasteiger partial charge in [0.05, 0.1) is 6.20 Å². The molecule has 0 saturated heterocycles. The van der Waals surface area contributed by atoms with Gasteiger partial charge in [0.15, 0.2) is 12.2 Å². The molecule has 1 aromatic heterocycles. The van der Waals surface area contributed by atoms with Crippen molar-refractivity contribution >= 4 is 5.69 Å². The van der Waals surface area contributed by atoms with Gasteiger partial charge in [0, 0.05) is 17.3 Å². The highest BCUT2D eigenvalue weighted by Crippen LogP contribution is 2.25. The molecule has 106 valence electrons. The molecule has 0 aliphatic rings. The Morgan fingerprint density at radius 1 is 1.10 bits per heavy atom. The number of hydrogen-bond donors (Lipinski definition) is 1. The summed E-state index contributed by atoms with van der Waals surface area (Å²) in [4.78, 5) is 3.96. The topological polar surface area (TPSA) is 38.1 Å². The van der Waals surface area contributed by atoms with Gasteiger partial charge in [0.1, 0.15) is 0 Å². The molecule has 0 spiro atoms. The molecular weight excluding hydrogens is 260 g/mol. The number of rotatable bonds is 4. The van der Waals surface area contributed by atoms with E-state index >= 15 is 0 Å². The Morgan fingerprint density at radius 3 is 2.62 bits per heavy atom. The maximum absolute atomic E-state index is 5.34. The Bertz CT molecular complexity index is 702. The molecule has 0 amide bonds. The van der Waals surface area contributed by atoms with Gasteiger partial charge < -0.3 is 9.73 Å². The van der Waals surface area contributed by atoms with Crippen molar-refractivity contribution in [2.24, 2.45) is 0 Å². The van der Waals surface area contributed by atoms with Gasteiger partial charge in [-0.25, -0.2) is 4.98 Å². The number of aryl methyl sites for hydroxylation is 1. The number of aromatic nitrogens is 1. The predicted molar refractivity (Wildman–Crippen MR) is 85.2 cm³/mol. The number of nitrogens with zero attached hydrogens (tertiary/aromatic N) is 1. The largest absolute Gasteiger partial charge is 0.444 e. The Balaban J connectivity index is 1.78. The molecular formula is C18H18N2O. The van der Waals surface area contributed by atoms with E-state index in [9.17, 15) is 0 Å². The first-order valence-corrected chi connectivity index (χ1v) is 7.04. The van der Waals surface area contributed by atoms with Crippen LogP contribution in [0.3, 0.4) is 0 Å². The smallest absolute Gasteiger partial charge is 0.181 e. The molecule has 1 heterocycles. The van der Waals surface area contributed by atoms with Crippen LogP contribution in [0.5, 0.6) is 0 Å². The third-order valence-electron chi connectivity index (χ3n) is 3.54. The Kier molecular flexibility index (Phi) is 3.73. The van der Waals surface area contributed by atoms with Gasteiger partial charge in [-0.1, -0.05) is 42.0 Å². The van der Waals surface area contributed by atoms with E-state index in [1.165, 1.54) is 17.5 Å². The van der Waals surface area contributed by atoms with Crippen molar-refractivity contribution in [2.45, 2.75) is 19.9 Å². The number of anilines is 1.